The molecule has 0 spiro atoms. The number of nitrogens with zero attached hydrogens (tertiary/aromatic N) is 1. The Kier molecular flexibility index (Phi) is 2.82. The third-order valence-corrected chi connectivity index (χ3v) is 2.32. The molecule has 0 amide bonds. The first-order chi connectivity index (χ1) is 8.39. The van der Waals surface area contributed by atoms with Crippen LogP contribution < -0.4 is 0 Å². The van der Waals surface area contributed by atoms with Crippen LogP contribution in [0.25, 0.3) is 11.3 Å². The molecule has 0 aliphatic carbocycles. The highest BCUT2D eigenvalue weighted by atomic mass is 19.4. The Morgan fingerprint density at radius 1 is 1.28 bits per heavy atom. The van der Waals surface area contributed by atoms with Crippen molar-refractivity contribution in [1.29, 1.82) is 0 Å². The van der Waals surface area contributed by atoms with Crippen LogP contribution >= 0.6 is 0 Å². The summed E-state index contributed by atoms with van der Waals surface area (Å²) in [5, 5.41) is 14.4. The fourth-order valence-electron chi connectivity index (χ4n) is 1.53. The van der Waals surface area contributed by atoms with E-state index >= 15 is 0 Å². The number of aromatic carboxylic acids is 1. The van der Waals surface area contributed by atoms with Gasteiger partial charge in [0.25, 0.3) is 0 Å². The average molecular weight is 256 g/mol. The third kappa shape index (κ3) is 2.20. The van der Waals surface area contributed by atoms with Crippen LogP contribution in [0.5, 0.6) is 0 Å². The monoisotopic (exact) mass is 256 g/mol. The van der Waals surface area contributed by atoms with Crippen LogP contribution in [0.1, 0.15) is 16.1 Å². The van der Waals surface area contributed by atoms with Gasteiger partial charge in [0.05, 0.1) is 11.3 Å². The molecular formula is C11H7F3N2O2. The maximum Gasteiger partial charge on any atom is 0.417 e. The smallest absolute Gasteiger partial charge is 0.417 e. The molecule has 7 heteroatoms. The molecule has 1 heterocycles. The van der Waals surface area contributed by atoms with Crippen LogP contribution in [-0.4, -0.2) is 21.3 Å². The number of nitrogens with one attached hydrogen (secondary N) is 1. The molecule has 2 rings (SSSR count). The lowest BCUT2D eigenvalue weighted by molar-refractivity contribution is -0.137. The van der Waals surface area contributed by atoms with E-state index in [-0.39, 0.29) is 17.0 Å². The lowest BCUT2D eigenvalue weighted by Crippen LogP contribution is -2.06. The summed E-state index contributed by atoms with van der Waals surface area (Å²) in [4.78, 5) is 10.6. The highest BCUT2D eigenvalue weighted by Gasteiger charge is 2.33. The number of hydrogen-bond acceptors (Lipinski definition) is 2. The Bertz CT molecular complexity index is 590. The van der Waals surface area contributed by atoms with Crippen LogP contribution in [0.3, 0.4) is 0 Å². The number of rotatable bonds is 2. The zero-order chi connectivity index (χ0) is 13.3. The van der Waals surface area contributed by atoms with Crippen molar-refractivity contribution >= 4 is 5.97 Å². The van der Waals surface area contributed by atoms with E-state index in [1.807, 2.05) is 0 Å². The Balaban J connectivity index is 2.53. The molecule has 0 radical (unpaired) electrons. The second-order valence-electron chi connectivity index (χ2n) is 3.52. The number of alkyl halides is 3. The molecule has 0 unspecified atom stereocenters. The van der Waals surface area contributed by atoms with Gasteiger partial charge in [-0.05, 0) is 12.1 Å². The van der Waals surface area contributed by atoms with Gasteiger partial charge < -0.3 is 5.11 Å². The maximum absolute atomic E-state index is 12.7. The molecule has 94 valence electrons. The van der Waals surface area contributed by atoms with E-state index in [0.29, 0.717) is 0 Å². The summed E-state index contributed by atoms with van der Waals surface area (Å²) < 4.78 is 38.2. The quantitative estimate of drug-likeness (QED) is 0.868. The van der Waals surface area contributed by atoms with Gasteiger partial charge in [-0.2, -0.15) is 18.3 Å². The van der Waals surface area contributed by atoms with Gasteiger partial charge in [0.2, 0.25) is 0 Å². The van der Waals surface area contributed by atoms with Gasteiger partial charge in [0, 0.05) is 5.56 Å². The summed E-state index contributed by atoms with van der Waals surface area (Å²) in [7, 11) is 0. The van der Waals surface area contributed by atoms with Gasteiger partial charge >= 0.3 is 12.1 Å². The van der Waals surface area contributed by atoms with Crippen molar-refractivity contribution in [2.45, 2.75) is 6.18 Å². The van der Waals surface area contributed by atoms with E-state index in [9.17, 15) is 18.0 Å². The zero-order valence-electron chi connectivity index (χ0n) is 8.82. The normalized spacial score (nSPS) is 11.5. The molecule has 1 aromatic carbocycles. The molecule has 0 aliphatic heterocycles. The number of aromatic amines is 1. The average Bonchev–Trinajstić information content (AvgIpc) is 2.77. The van der Waals surface area contributed by atoms with Crippen LogP contribution in [0, 0.1) is 0 Å². The first kappa shape index (κ1) is 12.2. The van der Waals surface area contributed by atoms with Gasteiger partial charge in [-0.25, -0.2) is 4.79 Å². The lowest BCUT2D eigenvalue weighted by Gasteiger charge is -2.10. The first-order valence-electron chi connectivity index (χ1n) is 4.85. The Labute approximate surface area is 99.1 Å². The molecule has 0 fully saturated rings. The minimum Gasteiger partial charge on any atom is -0.476 e. The van der Waals surface area contributed by atoms with E-state index in [2.05, 4.69) is 10.2 Å². The second kappa shape index (κ2) is 4.17. The molecule has 2 aromatic rings. The van der Waals surface area contributed by atoms with Crippen molar-refractivity contribution < 1.29 is 23.1 Å². The van der Waals surface area contributed by atoms with Gasteiger partial charge in [-0.15, -0.1) is 0 Å². The molecule has 0 bridgehead atoms. The number of H-pyrrole nitrogens is 1. The highest BCUT2D eigenvalue weighted by molar-refractivity contribution is 5.87. The number of carboxylic acid groups (broad SMARTS) is 1. The van der Waals surface area contributed by atoms with E-state index < -0.39 is 17.7 Å². The van der Waals surface area contributed by atoms with Gasteiger partial charge in [-0.1, -0.05) is 18.2 Å². The Hall–Kier alpha value is -2.31. The lowest BCUT2D eigenvalue weighted by atomic mass is 10.0. The largest absolute Gasteiger partial charge is 0.476 e. The van der Waals surface area contributed by atoms with E-state index in [0.717, 1.165) is 12.1 Å². The predicted molar refractivity (Wildman–Crippen MR) is 56.0 cm³/mol. The van der Waals surface area contributed by atoms with E-state index in [1.54, 1.807) is 0 Å². The van der Waals surface area contributed by atoms with Crippen LogP contribution in [0.4, 0.5) is 13.2 Å². The Morgan fingerprint density at radius 3 is 2.50 bits per heavy atom. The maximum atomic E-state index is 12.7. The molecule has 0 saturated heterocycles. The fourth-order valence-corrected chi connectivity index (χ4v) is 1.53. The summed E-state index contributed by atoms with van der Waals surface area (Å²) >= 11 is 0. The highest BCUT2D eigenvalue weighted by Crippen LogP contribution is 2.36. The van der Waals surface area contributed by atoms with E-state index in [4.69, 9.17) is 5.11 Å². The number of halogens is 3. The molecule has 0 aliphatic rings. The van der Waals surface area contributed by atoms with Crippen LogP contribution in [0.2, 0.25) is 0 Å². The molecular weight excluding hydrogens is 249 g/mol. The van der Waals surface area contributed by atoms with Crippen molar-refractivity contribution in [3.05, 3.63) is 41.6 Å². The summed E-state index contributed by atoms with van der Waals surface area (Å²) in [6, 6.07) is 5.94. The molecule has 18 heavy (non-hydrogen) atoms. The number of aromatic nitrogens is 2. The molecule has 0 saturated carbocycles. The topological polar surface area (TPSA) is 66.0 Å². The zero-order valence-corrected chi connectivity index (χ0v) is 8.82. The summed E-state index contributed by atoms with van der Waals surface area (Å²) in [6.45, 7) is 0. The van der Waals surface area contributed by atoms with Crippen molar-refractivity contribution in [2.75, 3.05) is 0 Å². The molecule has 2 N–H and O–H groups in total. The fraction of sp³-hybridized carbons (Fsp3) is 0.0909. The number of hydrogen-bond donors (Lipinski definition) is 2. The minimum absolute atomic E-state index is 0.0142. The standard InChI is InChI=1S/C11H7F3N2O2/c12-11(13,14)7-4-2-1-3-6(7)8-5-9(10(17)18)16-15-8/h1-5H,(H,15,16)(H,17,18). The van der Waals surface area contributed by atoms with Crippen molar-refractivity contribution in [2.24, 2.45) is 0 Å². The van der Waals surface area contributed by atoms with Crippen molar-refractivity contribution in [3.63, 3.8) is 0 Å². The summed E-state index contributed by atoms with van der Waals surface area (Å²) in [5.74, 6) is -1.30. The number of carbonyl (C=O) groups is 1. The number of benzene rings is 1. The van der Waals surface area contributed by atoms with Crippen LogP contribution in [0.15, 0.2) is 30.3 Å². The minimum atomic E-state index is -4.51. The Morgan fingerprint density at radius 2 is 1.94 bits per heavy atom. The number of carboxylic acids is 1. The molecule has 0 atom stereocenters. The summed E-state index contributed by atoms with van der Waals surface area (Å²) in [6.07, 6.45) is -4.51. The van der Waals surface area contributed by atoms with Crippen molar-refractivity contribution in [3.8, 4) is 11.3 Å². The van der Waals surface area contributed by atoms with Gasteiger partial charge in [0.15, 0.2) is 5.69 Å². The molecule has 4 nitrogen and oxygen atoms in total. The first-order valence-corrected chi connectivity index (χ1v) is 4.85. The van der Waals surface area contributed by atoms with E-state index in [1.165, 1.54) is 18.2 Å². The van der Waals surface area contributed by atoms with Gasteiger partial charge in [-0.3, -0.25) is 5.10 Å². The van der Waals surface area contributed by atoms with Gasteiger partial charge in [0.1, 0.15) is 0 Å². The van der Waals surface area contributed by atoms with Crippen molar-refractivity contribution in [1.82, 2.24) is 10.2 Å². The molecule has 1 aromatic heterocycles. The summed E-state index contributed by atoms with van der Waals surface area (Å²) in [5.41, 5.74) is -1.29. The van der Waals surface area contributed by atoms with Crippen LogP contribution in [-0.2, 0) is 6.18 Å². The third-order valence-electron chi connectivity index (χ3n) is 2.32. The predicted octanol–water partition coefficient (Wildman–Crippen LogP) is 2.79. The second-order valence-corrected chi connectivity index (χ2v) is 3.52. The SMILES string of the molecule is O=C(O)c1cc(-c2ccccc2C(F)(F)F)[nH]n1.